The molecule has 1 atom stereocenters. The molecule has 1 unspecified atom stereocenters. The zero-order chi connectivity index (χ0) is 22.4. The van der Waals surface area contributed by atoms with Gasteiger partial charge in [0.2, 0.25) is 5.91 Å². The van der Waals surface area contributed by atoms with E-state index in [-0.39, 0.29) is 11.8 Å². The first-order chi connectivity index (χ1) is 15.6. The van der Waals surface area contributed by atoms with Gasteiger partial charge in [0.1, 0.15) is 0 Å². The molecule has 4 rings (SSSR count). The van der Waals surface area contributed by atoms with Crippen LogP contribution in [0.1, 0.15) is 35.7 Å². The van der Waals surface area contributed by atoms with Gasteiger partial charge in [0.05, 0.1) is 5.41 Å². The largest absolute Gasteiger partial charge is 0.356 e. The third kappa shape index (κ3) is 4.72. The van der Waals surface area contributed by atoms with Gasteiger partial charge in [-0.15, -0.1) is 0 Å². The Morgan fingerprint density at radius 1 is 0.969 bits per heavy atom. The fourth-order valence-electron chi connectivity index (χ4n) is 4.58. The van der Waals surface area contributed by atoms with Crippen LogP contribution in [0.15, 0.2) is 79.1 Å². The number of pyridine rings is 1. The van der Waals surface area contributed by atoms with Crippen molar-refractivity contribution in [3.05, 3.63) is 90.3 Å². The molecule has 0 aliphatic carbocycles. The second kappa shape index (κ2) is 9.77. The van der Waals surface area contributed by atoms with E-state index in [4.69, 9.17) is 0 Å². The van der Waals surface area contributed by atoms with Crippen LogP contribution in [0.25, 0.3) is 11.1 Å². The Bertz CT molecular complexity index is 1050. The second-order valence-electron chi connectivity index (χ2n) is 8.45. The van der Waals surface area contributed by atoms with Crippen LogP contribution in [0, 0.1) is 5.41 Å². The lowest BCUT2D eigenvalue weighted by Crippen LogP contribution is -2.54. The minimum atomic E-state index is -0.628. The van der Waals surface area contributed by atoms with Crippen LogP contribution in [0.2, 0.25) is 0 Å². The van der Waals surface area contributed by atoms with Crippen LogP contribution >= 0.6 is 0 Å². The molecule has 3 aromatic rings. The van der Waals surface area contributed by atoms with Gasteiger partial charge in [-0.05, 0) is 67.1 Å². The summed E-state index contributed by atoms with van der Waals surface area (Å²) in [6, 6.07) is 21.7. The molecule has 0 radical (unpaired) electrons. The summed E-state index contributed by atoms with van der Waals surface area (Å²) in [5, 5.41) is 3.03. The standard InChI is InChI=1S/C27H29N3O2/c1-2-29-26(32)27(15-6-18-30(20-27)25(31)24-7-4-3-5-8-24)19-21-9-11-22(12-10-21)23-13-16-28-17-14-23/h3-5,7-14,16-17H,2,6,15,18-20H2,1H3,(H,29,32). The number of benzene rings is 2. The van der Waals surface area contributed by atoms with Crippen molar-refractivity contribution in [2.75, 3.05) is 19.6 Å². The number of nitrogens with one attached hydrogen (secondary N) is 1. The van der Waals surface area contributed by atoms with Crippen molar-refractivity contribution < 1.29 is 9.59 Å². The van der Waals surface area contributed by atoms with Gasteiger partial charge in [0.15, 0.2) is 0 Å². The maximum atomic E-state index is 13.3. The molecule has 164 valence electrons. The van der Waals surface area contributed by atoms with E-state index in [2.05, 4.69) is 34.6 Å². The molecule has 0 spiro atoms. The highest BCUT2D eigenvalue weighted by Gasteiger charge is 2.43. The van der Waals surface area contributed by atoms with Crippen LogP contribution in [-0.2, 0) is 11.2 Å². The Morgan fingerprint density at radius 2 is 1.66 bits per heavy atom. The Balaban J connectivity index is 1.57. The lowest BCUT2D eigenvalue weighted by Gasteiger charge is -2.42. The van der Waals surface area contributed by atoms with E-state index < -0.39 is 5.41 Å². The van der Waals surface area contributed by atoms with Gasteiger partial charge < -0.3 is 10.2 Å². The number of rotatable bonds is 6. The van der Waals surface area contributed by atoms with E-state index in [1.54, 1.807) is 12.4 Å². The summed E-state index contributed by atoms with van der Waals surface area (Å²) in [5.74, 6) is 0.0239. The van der Waals surface area contributed by atoms with E-state index >= 15 is 0 Å². The molecular weight excluding hydrogens is 398 g/mol. The number of aromatic nitrogens is 1. The summed E-state index contributed by atoms with van der Waals surface area (Å²) in [5.41, 5.74) is 3.37. The van der Waals surface area contributed by atoms with Gasteiger partial charge in [-0.1, -0.05) is 42.5 Å². The highest BCUT2D eigenvalue weighted by molar-refractivity contribution is 5.95. The number of hydrogen-bond donors (Lipinski definition) is 1. The smallest absolute Gasteiger partial charge is 0.253 e. The lowest BCUT2D eigenvalue weighted by atomic mass is 9.74. The topological polar surface area (TPSA) is 62.3 Å². The number of amides is 2. The molecule has 1 aliphatic rings. The molecule has 1 saturated heterocycles. The molecule has 32 heavy (non-hydrogen) atoms. The zero-order valence-electron chi connectivity index (χ0n) is 18.5. The highest BCUT2D eigenvalue weighted by atomic mass is 16.2. The molecule has 1 aliphatic heterocycles. The molecule has 5 nitrogen and oxygen atoms in total. The second-order valence-corrected chi connectivity index (χ2v) is 8.45. The minimum Gasteiger partial charge on any atom is -0.356 e. The Labute approximate surface area is 189 Å². The molecule has 2 aromatic carbocycles. The molecule has 0 saturated carbocycles. The van der Waals surface area contributed by atoms with E-state index in [0.717, 1.165) is 29.5 Å². The van der Waals surface area contributed by atoms with Crippen LogP contribution in [-0.4, -0.2) is 41.3 Å². The third-order valence-corrected chi connectivity index (χ3v) is 6.21. The molecule has 5 heteroatoms. The Kier molecular flexibility index (Phi) is 6.64. The first kappa shape index (κ1) is 21.8. The SMILES string of the molecule is CCNC(=O)C1(Cc2ccc(-c3ccncc3)cc2)CCCN(C(=O)c2ccccc2)C1. The molecular formula is C27H29N3O2. The third-order valence-electron chi connectivity index (χ3n) is 6.21. The summed E-state index contributed by atoms with van der Waals surface area (Å²) in [6.45, 7) is 3.62. The van der Waals surface area contributed by atoms with Crippen LogP contribution in [0.4, 0.5) is 0 Å². The Morgan fingerprint density at radius 3 is 2.34 bits per heavy atom. The van der Waals surface area contributed by atoms with Gasteiger partial charge >= 0.3 is 0 Å². The molecule has 1 N–H and O–H groups in total. The quantitative estimate of drug-likeness (QED) is 0.636. The number of carbonyl (C=O) groups is 2. The van der Waals surface area contributed by atoms with Crippen LogP contribution in [0.5, 0.6) is 0 Å². The van der Waals surface area contributed by atoms with Crippen molar-refractivity contribution in [3.8, 4) is 11.1 Å². The van der Waals surface area contributed by atoms with Crippen LogP contribution < -0.4 is 5.32 Å². The first-order valence-electron chi connectivity index (χ1n) is 11.2. The van der Waals surface area contributed by atoms with Crippen molar-refractivity contribution in [2.45, 2.75) is 26.2 Å². The van der Waals surface area contributed by atoms with Gasteiger partial charge in [0, 0.05) is 37.6 Å². The van der Waals surface area contributed by atoms with Gasteiger partial charge in [-0.2, -0.15) is 0 Å². The van der Waals surface area contributed by atoms with Gasteiger partial charge in [-0.3, -0.25) is 14.6 Å². The number of hydrogen-bond acceptors (Lipinski definition) is 3. The first-order valence-corrected chi connectivity index (χ1v) is 11.2. The van der Waals surface area contributed by atoms with Gasteiger partial charge in [-0.25, -0.2) is 0 Å². The maximum absolute atomic E-state index is 13.3. The fraction of sp³-hybridized carbons (Fsp3) is 0.296. The van der Waals surface area contributed by atoms with Crippen molar-refractivity contribution in [1.29, 1.82) is 0 Å². The predicted octanol–water partition coefficient (Wildman–Crippen LogP) is 4.35. The van der Waals surface area contributed by atoms with Crippen molar-refractivity contribution in [2.24, 2.45) is 5.41 Å². The van der Waals surface area contributed by atoms with Crippen molar-refractivity contribution in [1.82, 2.24) is 15.2 Å². The average Bonchev–Trinajstić information content (AvgIpc) is 2.85. The summed E-state index contributed by atoms with van der Waals surface area (Å²) in [6.07, 6.45) is 5.75. The lowest BCUT2D eigenvalue weighted by molar-refractivity contribution is -0.133. The van der Waals surface area contributed by atoms with E-state index in [9.17, 15) is 9.59 Å². The van der Waals surface area contributed by atoms with Crippen LogP contribution in [0.3, 0.4) is 0 Å². The van der Waals surface area contributed by atoms with Crippen molar-refractivity contribution >= 4 is 11.8 Å². The minimum absolute atomic E-state index is 0.00740. The zero-order valence-corrected chi connectivity index (χ0v) is 18.5. The average molecular weight is 428 g/mol. The monoisotopic (exact) mass is 427 g/mol. The van der Waals surface area contributed by atoms with E-state index in [0.29, 0.717) is 31.6 Å². The number of nitrogens with zero attached hydrogens (tertiary/aromatic N) is 2. The number of likely N-dealkylation sites (tertiary alicyclic amines) is 1. The van der Waals surface area contributed by atoms with E-state index in [1.165, 1.54) is 0 Å². The summed E-state index contributed by atoms with van der Waals surface area (Å²) >= 11 is 0. The molecule has 0 bridgehead atoms. The molecule has 2 amide bonds. The summed E-state index contributed by atoms with van der Waals surface area (Å²) in [4.78, 5) is 32.3. The summed E-state index contributed by atoms with van der Waals surface area (Å²) in [7, 11) is 0. The van der Waals surface area contributed by atoms with E-state index in [1.807, 2.05) is 54.3 Å². The maximum Gasteiger partial charge on any atom is 0.253 e. The fourth-order valence-corrected chi connectivity index (χ4v) is 4.58. The van der Waals surface area contributed by atoms with Gasteiger partial charge in [0.25, 0.3) is 5.91 Å². The Hall–Kier alpha value is -3.47. The number of carbonyl (C=O) groups excluding carboxylic acids is 2. The normalized spacial score (nSPS) is 18.2. The molecule has 1 aromatic heterocycles. The number of piperidine rings is 1. The highest BCUT2D eigenvalue weighted by Crippen LogP contribution is 2.35. The molecule has 1 fully saturated rings. The molecule has 2 heterocycles. The predicted molar refractivity (Wildman–Crippen MR) is 126 cm³/mol. The van der Waals surface area contributed by atoms with Crippen molar-refractivity contribution in [3.63, 3.8) is 0 Å². The summed E-state index contributed by atoms with van der Waals surface area (Å²) < 4.78 is 0.